The van der Waals surface area contributed by atoms with Crippen molar-refractivity contribution >= 4 is 15.9 Å². The van der Waals surface area contributed by atoms with Gasteiger partial charge in [0.25, 0.3) is 0 Å². The Morgan fingerprint density at radius 1 is 1.02 bits per heavy atom. The van der Waals surface area contributed by atoms with Crippen molar-refractivity contribution in [2.24, 2.45) is 11.8 Å². The summed E-state index contributed by atoms with van der Waals surface area (Å²) in [6, 6.07) is 4.24. The van der Waals surface area contributed by atoms with Gasteiger partial charge in [0.2, 0.25) is 15.9 Å². The van der Waals surface area contributed by atoms with Crippen LogP contribution < -0.4 is 5.32 Å². The van der Waals surface area contributed by atoms with E-state index in [1.165, 1.54) is 26.2 Å². The fraction of sp³-hybridized carbons (Fsp3) is 0.407. The standard InChI is InChI=1S/C27H26F5N5O3S/c1-26(2,29)25-35-11-17(12-36-25)22-9-16(21(13-33-22)27(30,31)32)10-34-24(38)23-20-8-3-15(20)14-37(23)41(39,40)19-6-4-18(28)5-7-19/h4-7,9,11-13,15,20,23H,3,8,10,14H2,1-2H3,(H,34,38)/t15-,20-,23-/m0/s1. The molecule has 1 saturated heterocycles. The van der Waals surface area contributed by atoms with Crippen molar-refractivity contribution in [1.82, 2.24) is 24.6 Å². The highest BCUT2D eigenvalue weighted by Gasteiger charge is 2.54. The molecule has 8 nitrogen and oxygen atoms in total. The number of pyridine rings is 1. The topological polar surface area (TPSA) is 105 Å². The number of carbonyl (C=O) groups is 1. The predicted molar refractivity (Wildman–Crippen MR) is 137 cm³/mol. The number of aromatic nitrogens is 3. The van der Waals surface area contributed by atoms with Crippen LogP contribution in [0.4, 0.5) is 22.0 Å². The summed E-state index contributed by atoms with van der Waals surface area (Å²) in [5.41, 5.74) is -2.89. The lowest BCUT2D eigenvalue weighted by molar-refractivity contribution is -0.138. The summed E-state index contributed by atoms with van der Waals surface area (Å²) in [4.78, 5) is 24.9. The summed E-state index contributed by atoms with van der Waals surface area (Å²) < 4.78 is 96.7. The number of halogens is 5. The van der Waals surface area contributed by atoms with E-state index in [1.807, 2.05) is 0 Å². The molecule has 218 valence electrons. The zero-order valence-electron chi connectivity index (χ0n) is 22.0. The molecule has 14 heteroatoms. The van der Waals surface area contributed by atoms with Crippen molar-refractivity contribution in [3.05, 3.63) is 71.7 Å². The minimum absolute atomic E-state index is 0.0588. The maximum absolute atomic E-state index is 14.1. The molecule has 2 aromatic heterocycles. The minimum atomic E-state index is -4.78. The minimum Gasteiger partial charge on any atom is -0.351 e. The zero-order valence-corrected chi connectivity index (χ0v) is 22.8. The second kappa shape index (κ2) is 10.4. The number of hydrogen-bond acceptors (Lipinski definition) is 6. The molecule has 3 atom stereocenters. The van der Waals surface area contributed by atoms with E-state index in [0.29, 0.717) is 12.6 Å². The molecule has 3 heterocycles. The van der Waals surface area contributed by atoms with Crippen LogP contribution in [-0.2, 0) is 33.2 Å². The van der Waals surface area contributed by atoms with Crippen LogP contribution in [-0.4, -0.2) is 46.2 Å². The molecule has 1 N–H and O–H groups in total. The first kappa shape index (κ1) is 29.0. The number of hydrogen-bond donors (Lipinski definition) is 1. The monoisotopic (exact) mass is 595 g/mol. The normalized spacial score (nSPS) is 21.3. The Hall–Kier alpha value is -3.52. The van der Waals surface area contributed by atoms with Crippen LogP contribution in [0.5, 0.6) is 0 Å². The van der Waals surface area contributed by atoms with Gasteiger partial charge >= 0.3 is 6.18 Å². The van der Waals surface area contributed by atoms with Gasteiger partial charge in [0.1, 0.15) is 11.9 Å². The van der Waals surface area contributed by atoms with E-state index in [9.17, 15) is 35.2 Å². The first-order chi connectivity index (χ1) is 19.2. The average molecular weight is 596 g/mol. The molecular formula is C27H26F5N5O3S. The van der Waals surface area contributed by atoms with Gasteiger partial charge in [-0.2, -0.15) is 17.5 Å². The van der Waals surface area contributed by atoms with E-state index >= 15 is 0 Å². The number of rotatable bonds is 7. The molecular weight excluding hydrogens is 569 g/mol. The molecule has 1 aliphatic carbocycles. The van der Waals surface area contributed by atoms with Gasteiger partial charge in [0.15, 0.2) is 11.5 Å². The van der Waals surface area contributed by atoms with Gasteiger partial charge in [0.05, 0.1) is 16.2 Å². The SMILES string of the molecule is CC(C)(F)c1ncc(-c2cc(CNC(=O)[C@@H]3[C@H]4CC[C@H]4CN3S(=O)(=O)c3ccc(F)cc3)c(C(F)(F)F)cn2)cn1. The molecule has 0 radical (unpaired) electrons. The van der Waals surface area contributed by atoms with Gasteiger partial charge in [-0.25, -0.2) is 27.2 Å². The highest BCUT2D eigenvalue weighted by atomic mass is 32.2. The molecule has 1 amide bonds. The number of sulfonamides is 1. The number of alkyl halides is 4. The zero-order chi connectivity index (χ0) is 29.7. The summed E-state index contributed by atoms with van der Waals surface area (Å²) in [5.74, 6) is -1.79. The Labute approximate surface area is 233 Å². The molecule has 1 saturated carbocycles. The van der Waals surface area contributed by atoms with E-state index in [1.54, 1.807) is 0 Å². The van der Waals surface area contributed by atoms with E-state index in [4.69, 9.17) is 0 Å². The summed E-state index contributed by atoms with van der Waals surface area (Å²) in [6.07, 6.45) is -0.348. The molecule has 1 aliphatic heterocycles. The highest BCUT2D eigenvalue weighted by Crippen LogP contribution is 2.47. The Morgan fingerprint density at radius 3 is 2.24 bits per heavy atom. The van der Waals surface area contributed by atoms with Crippen molar-refractivity contribution in [1.29, 1.82) is 0 Å². The van der Waals surface area contributed by atoms with Gasteiger partial charge < -0.3 is 5.32 Å². The van der Waals surface area contributed by atoms with Crippen LogP contribution in [0.1, 0.15) is 43.6 Å². The largest absolute Gasteiger partial charge is 0.418 e. The van der Waals surface area contributed by atoms with Crippen LogP contribution in [0.2, 0.25) is 0 Å². The third-order valence-electron chi connectivity index (χ3n) is 7.52. The molecule has 2 fully saturated rings. The van der Waals surface area contributed by atoms with Crippen molar-refractivity contribution in [2.45, 2.75) is 56.0 Å². The van der Waals surface area contributed by atoms with E-state index in [2.05, 4.69) is 20.3 Å². The van der Waals surface area contributed by atoms with Crippen LogP contribution in [0, 0.1) is 17.7 Å². The fourth-order valence-corrected chi connectivity index (χ4v) is 6.91. The van der Waals surface area contributed by atoms with Crippen molar-refractivity contribution < 1.29 is 35.2 Å². The quantitative estimate of drug-likeness (QED) is 0.400. The van der Waals surface area contributed by atoms with Gasteiger partial charge in [-0.05, 0) is 74.4 Å². The highest BCUT2D eigenvalue weighted by molar-refractivity contribution is 7.89. The number of nitrogens with one attached hydrogen (secondary N) is 1. The first-order valence-electron chi connectivity index (χ1n) is 12.8. The van der Waals surface area contributed by atoms with Gasteiger partial charge in [-0.3, -0.25) is 9.78 Å². The third kappa shape index (κ3) is 5.67. The lowest BCUT2D eigenvalue weighted by atomic mass is 9.73. The van der Waals surface area contributed by atoms with Gasteiger partial charge in [-0.1, -0.05) is 0 Å². The van der Waals surface area contributed by atoms with Crippen molar-refractivity contribution in [3.8, 4) is 11.3 Å². The molecule has 41 heavy (non-hydrogen) atoms. The summed E-state index contributed by atoms with van der Waals surface area (Å²) in [6.45, 7) is 2.06. The van der Waals surface area contributed by atoms with Crippen LogP contribution in [0.15, 0.2) is 53.8 Å². The Bertz CT molecular complexity index is 1560. The molecule has 0 spiro atoms. The summed E-state index contributed by atoms with van der Waals surface area (Å²) in [7, 11) is -4.17. The first-order valence-corrected chi connectivity index (χ1v) is 14.2. The fourth-order valence-electron chi connectivity index (χ4n) is 5.22. The molecule has 0 bridgehead atoms. The summed E-state index contributed by atoms with van der Waals surface area (Å²) >= 11 is 0. The number of amides is 1. The molecule has 0 unspecified atom stereocenters. The molecule has 1 aromatic carbocycles. The van der Waals surface area contributed by atoms with E-state index in [0.717, 1.165) is 41.1 Å². The van der Waals surface area contributed by atoms with Crippen LogP contribution in [0.3, 0.4) is 0 Å². The molecule has 3 aromatic rings. The van der Waals surface area contributed by atoms with Crippen LogP contribution in [0.25, 0.3) is 11.3 Å². The number of fused-ring (bicyclic) bond motifs is 1. The number of carbonyl (C=O) groups excluding carboxylic acids is 1. The number of benzene rings is 1. The third-order valence-corrected chi connectivity index (χ3v) is 9.38. The average Bonchev–Trinajstić information content (AvgIpc) is 3.16. The summed E-state index contributed by atoms with van der Waals surface area (Å²) in [5, 5.41) is 2.49. The second-order valence-electron chi connectivity index (χ2n) is 10.7. The maximum atomic E-state index is 14.1. The second-order valence-corrected chi connectivity index (χ2v) is 12.6. The molecule has 2 aliphatic rings. The Balaban J connectivity index is 1.40. The maximum Gasteiger partial charge on any atom is 0.418 e. The number of nitrogens with zero attached hydrogens (tertiary/aromatic N) is 4. The van der Waals surface area contributed by atoms with Crippen molar-refractivity contribution in [2.75, 3.05) is 6.54 Å². The van der Waals surface area contributed by atoms with E-state index in [-0.39, 0.29) is 45.9 Å². The van der Waals surface area contributed by atoms with E-state index < -0.39 is 51.7 Å². The van der Waals surface area contributed by atoms with Gasteiger partial charge in [0, 0.05) is 37.2 Å². The Morgan fingerprint density at radius 2 is 1.68 bits per heavy atom. The lowest BCUT2D eigenvalue weighted by Crippen LogP contribution is -2.49. The lowest BCUT2D eigenvalue weighted by Gasteiger charge is -2.33. The Kier molecular flexibility index (Phi) is 7.35. The molecule has 5 rings (SSSR count). The smallest absolute Gasteiger partial charge is 0.351 e. The van der Waals surface area contributed by atoms with Gasteiger partial charge in [-0.15, -0.1) is 0 Å². The van der Waals surface area contributed by atoms with Crippen LogP contribution >= 0.6 is 0 Å². The predicted octanol–water partition coefficient (Wildman–Crippen LogP) is 4.62. The van der Waals surface area contributed by atoms with Crippen molar-refractivity contribution in [3.63, 3.8) is 0 Å².